The van der Waals surface area contributed by atoms with Gasteiger partial charge in [0.15, 0.2) is 0 Å². The Balaban J connectivity index is 1.49. The minimum atomic E-state index is 0.655. The fourth-order valence-corrected chi connectivity index (χ4v) is 5.79. The summed E-state index contributed by atoms with van der Waals surface area (Å²) in [5, 5.41) is 2.21. The number of benzene rings is 1. The molecule has 0 unspecified atom stereocenters. The first kappa shape index (κ1) is 14.1. The van der Waals surface area contributed by atoms with Crippen LogP contribution in [0.1, 0.15) is 30.0 Å². The molecule has 2 bridgehead atoms. The van der Waals surface area contributed by atoms with Crippen LogP contribution in [0.5, 0.6) is 0 Å². The lowest BCUT2D eigenvalue weighted by molar-refractivity contribution is -0.00893. The lowest BCUT2D eigenvalue weighted by atomic mass is 9.75. The number of rotatable bonds is 3. The molecule has 2 aromatic rings. The normalized spacial score (nSPS) is 36.3. The second-order valence-electron chi connectivity index (χ2n) is 7.28. The van der Waals surface area contributed by atoms with Crippen LogP contribution in [0.3, 0.4) is 0 Å². The SMILES string of the molecule is c1ccc([C@H]2CN(Cc3cscn3)[C@H]3C4CCN(CC4)[C@@H]23)cc1. The summed E-state index contributed by atoms with van der Waals surface area (Å²) < 4.78 is 0. The molecular weight excluding hydrogens is 302 g/mol. The molecule has 0 N–H and O–H groups in total. The van der Waals surface area contributed by atoms with Crippen LogP contribution >= 0.6 is 11.3 Å². The fraction of sp³-hybridized carbons (Fsp3) is 0.526. The molecule has 4 saturated heterocycles. The van der Waals surface area contributed by atoms with Gasteiger partial charge in [-0.2, -0.15) is 0 Å². The van der Waals surface area contributed by atoms with E-state index >= 15 is 0 Å². The van der Waals surface area contributed by atoms with Crippen LogP contribution in [0.4, 0.5) is 0 Å². The highest BCUT2D eigenvalue weighted by atomic mass is 32.1. The molecule has 0 aliphatic carbocycles. The van der Waals surface area contributed by atoms with Gasteiger partial charge in [0.2, 0.25) is 0 Å². The van der Waals surface area contributed by atoms with E-state index in [9.17, 15) is 0 Å². The number of thiazole rings is 1. The smallest absolute Gasteiger partial charge is 0.0795 e. The number of fused-ring (bicyclic) bond motifs is 2. The maximum Gasteiger partial charge on any atom is 0.0795 e. The summed E-state index contributed by atoms with van der Waals surface area (Å²) in [4.78, 5) is 10.1. The van der Waals surface area contributed by atoms with E-state index in [-0.39, 0.29) is 0 Å². The molecule has 120 valence electrons. The first-order valence-corrected chi connectivity index (χ1v) is 9.74. The number of hydrogen-bond acceptors (Lipinski definition) is 4. The third-order valence-corrected chi connectivity index (χ3v) is 6.81. The zero-order valence-electron chi connectivity index (χ0n) is 13.3. The van der Waals surface area contributed by atoms with Crippen LogP contribution in [0.2, 0.25) is 0 Å². The Labute approximate surface area is 142 Å². The van der Waals surface area contributed by atoms with Crippen LogP contribution in [-0.2, 0) is 6.54 Å². The van der Waals surface area contributed by atoms with E-state index in [1.54, 1.807) is 11.3 Å². The molecule has 23 heavy (non-hydrogen) atoms. The summed E-state index contributed by atoms with van der Waals surface area (Å²) in [5.41, 5.74) is 4.74. The van der Waals surface area contributed by atoms with Crippen molar-refractivity contribution in [1.82, 2.24) is 14.8 Å². The second-order valence-corrected chi connectivity index (χ2v) is 8.00. The molecule has 4 heteroatoms. The van der Waals surface area contributed by atoms with E-state index in [4.69, 9.17) is 0 Å². The number of piperidine rings is 3. The largest absolute Gasteiger partial charge is 0.298 e. The third kappa shape index (κ3) is 2.35. The zero-order valence-corrected chi connectivity index (χ0v) is 14.2. The van der Waals surface area contributed by atoms with Gasteiger partial charge in [0.1, 0.15) is 0 Å². The predicted molar refractivity (Wildman–Crippen MR) is 93.6 cm³/mol. The summed E-state index contributed by atoms with van der Waals surface area (Å²) in [6.07, 6.45) is 2.77. The molecule has 1 aromatic carbocycles. The van der Waals surface area contributed by atoms with Gasteiger partial charge in [0.25, 0.3) is 0 Å². The van der Waals surface area contributed by atoms with Crippen molar-refractivity contribution in [3.05, 3.63) is 52.5 Å². The average Bonchev–Trinajstić information content (AvgIpc) is 3.26. The van der Waals surface area contributed by atoms with Crippen LogP contribution in [0.15, 0.2) is 41.2 Å². The molecule has 4 aliphatic rings. The van der Waals surface area contributed by atoms with E-state index in [1.165, 1.54) is 43.7 Å². The quantitative estimate of drug-likeness (QED) is 0.864. The topological polar surface area (TPSA) is 19.4 Å². The Morgan fingerprint density at radius 1 is 1.09 bits per heavy atom. The molecule has 6 rings (SSSR count). The van der Waals surface area contributed by atoms with Gasteiger partial charge in [0.05, 0.1) is 11.2 Å². The van der Waals surface area contributed by atoms with Crippen molar-refractivity contribution in [2.45, 2.75) is 37.4 Å². The lowest BCUT2D eigenvalue weighted by Crippen LogP contribution is -2.59. The van der Waals surface area contributed by atoms with E-state index in [1.807, 2.05) is 5.51 Å². The second kappa shape index (κ2) is 5.69. The van der Waals surface area contributed by atoms with Gasteiger partial charge in [0, 0.05) is 36.5 Å². The maximum absolute atomic E-state index is 4.54. The first-order valence-electron chi connectivity index (χ1n) is 8.80. The molecule has 0 spiro atoms. The van der Waals surface area contributed by atoms with E-state index in [0.717, 1.165) is 18.5 Å². The Kier molecular flexibility index (Phi) is 3.50. The van der Waals surface area contributed by atoms with Gasteiger partial charge in [-0.3, -0.25) is 9.80 Å². The van der Waals surface area contributed by atoms with Gasteiger partial charge < -0.3 is 0 Å². The Morgan fingerprint density at radius 2 is 1.91 bits per heavy atom. The molecule has 1 aromatic heterocycles. The molecule has 4 aliphatic heterocycles. The van der Waals surface area contributed by atoms with Gasteiger partial charge >= 0.3 is 0 Å². The molecule has 4 fully saturated rings. The summed E-state index contributed by atoms with van der Waals surface area (Å²) >= 11 is 1.72. The molecule has 5 heterocycles. The summed E-state index contributed by atoms with van der Waals surface area (Å²) in [6, 6.07) is 12.6. The highest BCUT2D eigenvalue weighted by molar-refractivity contribution is 7.07. The van der Waals surface area contributed by atoms with Crippen LogP contribution in [0, 0.1) is 5.92 Å². The number of nitrogens with zero attached hydrogens (tertiary/aromatic N) is 3. The van der Waals surface area contributed by atoms with Gasteiger partial charge in [-0.1, -0.05) is 30.3 Å². The molecular formula is C19H23N3S. The summed E-state index contributed by atoms with van der Waals surface area (Å²) in [6.45, 7) is 4.82. The molecule has 3 atom stereocenters. The lowest BCUT2D eigenvalue weighted by Gasteiger charge is -2.51. The highest BCUT2D eigenvalue weighted by Gasteiger charge is 2.53. The van der Waals surface area contributed by atoms with Gasteiger partial charge in [-0.05, 0) is 37.4 Å². The maximum atomic E-state index is 4.54. The first-order chi connectivity index (χ1) is 11.4. The Bertz CT molecular complexity index is 649. The van der Waals surface area contributed by atoms with Gasteiger partial charge in [-0.25, -0.2) is 4.98 Å². The molecule has 0 saturated carbocycles. The number of hydrogen-bond donors (Lipinski definition) is 0. The van der Waals surface area contributed by atoms with Crippen molar-refractivity contribution in [1.29, 1.82) is 0 Å². The average molecular weight is 325 g/mol. The van der Waals surface area contributed by atoms with E-state index in [2.05, 4.69) is 50.5 Å². The van der Waals surface area contributed by atoms with Crippen molar-refractivity contribution >= 4 is 11.3 Å². The van der Waals surface area contributed by atoms with Crippen molar-refractivity contribution in [2.24, 2.45) is 5.92 Å². The summed E-state index contributed by atoms with van der Waals surface area (Å²) in [5.74, 6) is 1.54. The molecule has 3 nitrogen and oxygen atoms in total. The van der Waals surface area contributed by atoms with Crippen molar-refractivity contribution in [2.75, 3.05) is 19.6 Å². The minimum absolute atomic E-state index is 0.655. The van der Waals surface area contributed by atoms with Crippen molar-refractivity contribution < 1.29 is 0 Å². The highest BCUT2D eigenvalue weighted by Crippen LogP contribution is 2.46. The molecule has 0 amide bonds. The van der Waals surface area contributed by atoms with E-state index in [0.29, 0.717) is 12.0 Å². The van der Waals surface area contributed by atoms with Crippen LogP contribution < -0.4 is 0 Å². The van der Waals surface area contributed by atoms with Gasteiger partial charge in [-0.15, -0.1) is 11.3 Å². The fourth-order valence-electron chi connectivity index (χ4n) is 5.24. The van der Waals surface area contributed by atoms with E-state index < -0.39 is 0 Å². The monoisotopic (exact) mass is 325 g/mol. The Morgan fingerprint density at radius 3 is 2.65 bits per heavy atom. The van der Waals surface area contributed by atoms with Crippen LogP contribution in [-0.4, -0.2) is 46.5 Å². The zero-order chi connectivity index (χ0) is 15.2. The minimum Gasteiger partial charge on any atom is -0.298 e. The van der Waals surface area contributed by atoms with Crippen LogP contribution in [0.25, 0.3) is 0 Å². The number of likely N-dealkylation sites (tertiary alicyclic amines) is 1. The van der Waals surface area contributed by atoms with Crippen molar-refractivity contribution in [3.8, 4) is 0 Å². The predicted octanol–water partition coefficient (Wildman–Crippen LogP) is 3.21. The number of aromatic nitrogens is 1. The molecule has 0 radical (unpaired) electrons. The third-order valence-electron chi connectivity index (χ3n) is 6.17. The summed E-state index contributed by atoms with van der Waals surface area (Å²) in [7, 11) is 0. The Hall–Kier alpha value is -1.23. The standard InChI is InChI=1S/C19H23N3S/c1-2-4-14(5-3-1)17-11-22(10-16-12-23-13-20-16)18-15-6-8-21(9-7-15)19(17)18/h1-5,12-13,15,17-19H,6-11H2/t17-,18+,19+/m1/s1. The van der Waals surface area contributed by atoms with Crippen molar-refractivity contribution in [3.63, 3.8) is 0 Å².